The number of pyridine rings is 1. The zero-order valence-corrected chi connectivity index (χ0v) is 19.6. The number of hydrogen-bond donors (Lipinski definition) is 2. The van der Waals surface area contributed by atoms with Crippen LogP contribution in [0.4, 0.5) is 16.2 Å². The zero-order chi connectivity index (χ0) is 24.8. The number of hydrogen-bond acceptors (Lipinski definition) is 6. The fourth-order valence-electron chi connectivity index (χ4n) is 3.55. The van der Waals surface area contributed by atoms with Gasteiger partial charge in [0.25, 0.3) is 0 Å². The number of rotatable bonds is 7. The minimum Gasteiger partial charge on any atom is -0.495 e. The summed E-state index contributed by atoms with van der Waals surface area (Å²) in [6.07, 6.45) is 0. The van der Waals surface area contributed by atoms with E-state index in [2.05, 4.69) is 10.6 Å². The first-order valence-electron chi connectivity index (χ1n) is 10.9. The molecule has 1 heterocycles. The number of anilines is 2. The standard InChI is InChI=1S/C27H25N3O5/c1-17-9-12-24(33-2)23(13-17)30-27(32)28-19-10-11-21-20(14-19)25(35-16-26(31)34-3)15-22(29-21)18-7-5-4-6-8-18/h4-15H,16H2,1-3H3,(H2,28,30,32). The maximum Gasteiger partial charge on any atom is 0.343 e. The van der Waals surface area contributed by atoms with Crippen molar-refractivity contribution < 1.29 is 23.8 Å². The molecule has 0 fully saturated rings. The molecule has 0 bridgehead atoms. The third-order valence-corrected chi connectivity index (χ3v) is 5.27. The summed E-state index contributed by atoms with van der Waals surface area (Å²) in [6.45, 7) is 1.67. The zero-order valence-electron chi connectivity index (χ0n) is 19.6. The maximum atomic E-state index is 12.7. The predicted molar refractivity (Wildman–Crippen MR) is 135 cm³/mol. The molecule has 0 spiro atoms. The van der Waals surface area contributed by atoms with Gasteiger partial charge in [0.1, 0.15) is 11.5 Å². The van der Waals surface area contributed by atoms with E-state index < -0.39 is 12.0 Å². The fraction of sp³-hybridized carbons (Fsp3) is 0.148. The molecule has 0 saturated carbocycles. The second-order valence-corrected chi connectivity index (χ2v) is 7.75. The minimum atomic E-state index is -0.503. The van der Waals surface area contributed by atoms with Gasteiger partial charge < -0.3 is 24.8 Å². The molecule has 0 aliphatic carbocycles. The van der Waals surface area contributed by atoms with Crippen LogP contribution in [0.5, 0.6) is 11.5 Å². The Morgan fingerprint density at radius 3 is 2.43 bits per heavy atom. The van der Waals surface area contributed by atoms with Crippen molar-refractivity contribution in [2.45, 2.75) is 6.92 Å². The number of methoxy groups -OCH3 is 2. The monoisotopic (exact) mass is 471 g/mol. The molecule has 1 aromatic heterocycles. The van der Waals surface area contributed by atoms with Gasteiger partial charge in [-0.3, -0.25) is 0 Å². The second-order valence-electron chi connectivity index (χ2n) is 7.75. The van der Waals surface area contributed by atoms with Crippen molar-refractivity contribution in [3.63, 3.8) is 0 Å². The summed E-state index contributed by atoms with van der Waals surface area (Å²) in [5.74, 6) is 0.501. The van der Waals surface area contributed by atoms with Crippen LogP contribution in [0.3, 0.4) is 0 Å². The minimum absolute atomic E-state index is 0.255. The number of ether oxygens (including phenoxy) is 3. The Bertz CT molecular complexity index is 1370. The number of esters is 1. The lowest BCUT2D eigenvalue weighted by Gasteiger charge is -2.14. The average Bonchev–Trinajstić information content (AvgIpc) is 2.87. The van der Waals surface area contributed by atoms with E-state index >= 15 is 0 Å². The lowest BCUT2D eigenvalue weighted by molar-refractivity contribution is -0.142. The molecular weight excluding hydrogens is 446 g/mol. The molecule has 0 unspecified atom stereocenters. The van der Waals surface area contributed by atoms with Crippen LogP contribution in [0.1, 0.15) is 5.56 Å². The molecule has 0 atom stereocenters. The third-order valence-electron chi connectivity index (χ3n) is 5.27. The van der Waals surface area contributed by atoms with Crippen LogP contribution in [-0.2, 0) is 9.53 Å². The quantitative estimate of drug-likeness (QED) is 0.350. The number of aryl methyl sites for hydroxylation is 1. The summed E-state index contributed by atoms with van der Waals surface area (Å²) in [4.78, 5) is 29.1. The molecule has 2 N–H and O–H groups in total. The highest BCUT2D eigenvalue weighted by Gasteiger charge is 2.13. The molecule has 4 aromatic rings. The number of urea groups is 1. The van der Waals surface area contributed by atoms with Gasteiger partial charge in [0, 0.05) is 22.7 Å². The largest absolute Gasteiger partial charge is 0.495 e. The first-order valence-corrected chi connectivity index (χ1v) is 10.9. The molecule has 8 heteroatoms. The SMILES string of the molecule is COC(=O)COc1cc(-c2ccccc2)nc2ccc(NC(=O)Nc3cc(C)ccc3OC)cc12. The number of nitrogens with one attached hydrogen (secondary N) is 2. The van der Waals surface area contributed by atoms with Gasteiger partial charge in [-0.05, 0) is 42.8 Å². The van der Waals surface area contributed by atoms with Gasteiger partial charge in [-0.2, -0.15) is 0 Å². The summed E-state index contributed by atoms with van der Waals surface area (Å²) < 4.78 is 15.8. The van der Waals surface area contributed by atoms with Gasteiger partial charge in [0.15, 0.2) is 6.61 Å². The van der Waals surface area contributed by atoms with Gasteiger partial charge in [-0.15, -0.1) is 0 Å². The van der Waals surface area contributed by atoms with Crippen molar-refractivity contribution in [1.29, 1.82) is 0 Å². The molecule has 178 valence electrons. The Kier molecular flexibility index (Phi) is 7.11. The fourth-order valence-corrected chi connectivity index (χ4v) is 3.55. The van der Waals surface area contributed by atoms with Gasteiger partial charge in [0.05, 0.1) is 31.1 Å². The van der Waals surface area contributed by atoms with E-state index in [1.165, 1.54) is 7.11 Å². The highest BCUT2D eigenvalue weighted by atomic mass is 16.6. The Morgan fingerprint density at radius 1 is 0.886 bits per heavy atom. The van der Waals surface area contributed by atoms with E-state index in [0.29, 0.717) is 39.5 Å². The van der Waals surface area contributed by atoms with E-state index in [4.69, 9.17) is 19.2 Å². The predicted octanol–water partition coefficient (Wildman–Crippen LogP) is 5.41. The second kappa shape index (κ2) is 10.6. The van der Waals surface area contributed by atoms with Crippen LogP contribution in [0.2, 0.25) is 0 Å². The van der Waals surface area contributed by atoms with Gasteiger partial charge in [-0.25, -0.2) is 14.6 Å². The van der Waals surface area contributed by atoms with Crippen molar-refractivity contribution >= 4 is 34.3 Å². The van der Waals surface area contributed by atoms with Gasteiger partial charge in [-0.1, -0.05) is 36.4 Å². The van der Waals surface area contributed by atoms with E-state index in [1.807, 2.05) is 49.4 Å². The third kappa shape index (κ3) is 5.67. The number of benzene rings is 3. The van der Waals surface area contributed by atoms with Crippen LogP contribution < -0.4 is 20.1 Å². The van der Waals surface area contributed by atoms with Crippen LogP contribution in [0.15, 0.2) is 72.8 Å². The number of aromatic nitrogens is 1. The molecule has 8 nitrogen and oxygen atoms in total. The van der Waals surface area contributed by atoms with E-state index in [1.54, 1.807) is 37.4 Å². The summed E-state index contributed by atoms with van der Waals surface area (Å²) in [6, 6.07) is 21.8. The van der Waals surface area contributed by atoms with E-state index in [-0.39, 0.29) is 6.61 Å². The highest BCUT2D eigenvalue weighted by Crippen LogP contribution is 2.32. The number of nitrogens with zero attached hydrogens (tertiary/aromatic N) is 1. The van der Waals surface area contributed by atoms with E-state index in [9.17, 15) is 9.59 Å². The van der Waals surface area contributed by atoms with Crippen molar-refractivity contribution in [3.8, 4) is 22.8 Å². The summed E-state index contributed by atoms with van der Waals surface area (Å²) in [5, 5.41) is 6.27. The smallest absolute Gasteiger partial charge is 0.343 e. The van der Waals surface area contributed by atoms with Crippen LogP contribution in [0, 0.1) is 6.92 Å². The molecule has 0 saturated heterocycles. The lowest BCUT2D eigenvalue weighted by atomic mass is 10.1. The van der Waals surface area contributed by atoms with Crippen molar-refractivity contribution in [2.75, 3.05) is 31.5 Å². The molecule has 2 amide bonds. The average molecular weight is 472 g/mol. The molecular formula is C27H25N3O5. The summed E-state index contributed by atoms with van der Waals surface area (Å²) in [7, 11) is 2.85. The molecule has 0 aliphatic heterocycles. The molecule has 0 aliphatic rings. The van der Waals surface area contributed by atoms with Crippen LogP contribution >= 0.6 is 0 Å². The van der Waals surface area contributed by atoms with Crippen molar-refractivity contribution in [2.24, 2.45) is 0 Å². The number of fused-ring (bicyclic) bond motifs is 1. The molecule has 4 rings (SSSR count). The van der Waals surface area contributed by atoms with Crippen LogP contribution in [-0.4, -0.2) is 37.8 Å². The van der Waals surface area contributed by atoms with Crippen LogP contribution in [0.25, 0.3) is 22.2 Å². The normalized spacial score (nSPS) is 10.5. The number of carbonyl (C=O) groups is 2. The van der Waals surface area contributed by atoms with Gasteiger partial charge in [0.2, 0.25) is 0 Å². The molecule has 3 aromatic carbocycles. The topological polar surface area (TPSA) is 98.8 Å². The first-order chi connectivity index (χ1) is 17.0. The highest BCUT2D eigenvalue weighted by molar-refractivity contribution is 6.02. The summed E-state index contributed by atoms with van der Waals surface area (Å²) >= 11 is 0. The first kappa shape index (κ1) is 23.6. The number of amides is 2. The molecule has 35 heavy (non-hydrogen) atoms. The Labute approximate surface area is 202 Å². The van der Waals surface area contributed by atoms with Crippen molar-refractivity contribution in [3.05, 3.63) is 78.4 Å². The van der Waals surface area contributed by atoms with Crippen molar-refractivity contribution in [1.82, 2.24) is 4.98 Å². The van der Waals surface area contributed by atoms with Gasteiger partial charge >= 0.3 is 12.0 Å². The molecule has 0 radical (unpaired) electrons. The lowest BCUT2D eigenvalue weighted by Crippen LogP contribution is -2.20. The maximum absolute atomic E-state index is 12.7. The summed E-state index contributed by atoms with van der Waals surface area (Å²) in [5.41, 5.74) is 4.33. The van der Waals surface area contributed by atoms with E-state index in [0.717, 1.165) is 11.1 Å². The Balaban J connectivity index is 1.64. The number of carbonyl (C=O) groups excluding carboxylic acids is 2. The Hall–Kier alpha value is -4.59. The Morgan fingerprint density at radius 2 is 1.69 bits per heavy atom.